The first kappa shape index (κ1) is 29.4. The van der Waals surface area contributed by atoms with Crippen molar-refractivity contribution in [2.75, 3.05) is 6.54 Å². The van der Waals surface area contributed by atoms with Gasteiger partial charge in [-0.1, -0.05) is 41.6 Å². The first-order chi connectivity index (χ1) is 22.8. The van der Waals surface area contributed by atoms with Gasteiger partial charge in [0.25, 0.3) is 5.91 Å². The summed E-state index contributed by atoms with van der Waals surface area (Å²) >= 11 is 0. The molecule has 3 aliphatic rings. The molecule has 1 saturated heterocycles. The van der Waals surface area contributed by atoms with Crippen LogP contribution in [-0.2, 0) is 30.6 Å². The second-order valence-electron chi connectivity index (χ2n) is 12.3. The summed E-state index contributed by atoms with van der Waals surface area (Å²) in [6.07, 6.45) is 3.88. The number of ether oxygens (including phenoxy) is 1. The van der Waals surface area contributed by atoms with Crippen LogP contribution in [0.25, 0.3) is 22.5 Å². The van der Waals surface area contributed by atoms with Crippen molar-refractivity contribution in [1.82, 2.24) is 20.0 Å². The van der Waals surface area contributed by atoms with Gasteiger partial charge in [0, 0.05) is 12.1 Å². The van der Waals surface area contributed by atoms with Crippen LogP contribution in [0.4, 0.5) is 13.2 Å². The van der Waals surface area contributed by atoms with Crippen LogP contribution in [0.1, 0.15) is 75.4 Å². The van der Waals surface area contributed by atoms with E-state index in [1.54, 1.807) is 12.1 Å². The van der Waals surface area contributed by atoms with Gasteiger partial charge in [-0.05, 0) is 90.6 Å². The highest BCUT2D eigenvalue weighted by Crippen LogP contribution is 2.48. The Labute approximate surface area is 267 Å². The van der Waals surface area contributed by atoms with Crippen molar-refractivity contribution in [3.8, 4) is 22.5 Å². The second kappa shape index (κ2) is 11.6. The Hall–Kier alpha value is -5.03. The molecular weight excluding hydrogens is 609 g/mol. The van der Waals surface area contributed by atoms with E-state index in [4.69, 9.17) is 14.2 Å². The maximum Gasteiger partial charge on any atom is 0.439 e. The number of fused-ring (bicyclic) bond motifs is 4. The van der Waals surface area contributed by atoms with Crippen LogP contribution >= 0.6 is 0 Å². The average molecular weight is 639 g/mol. The standard InChI is InChI=1S/C36H29F3N4O4/c37-23-9-3-19(4-10-23)6-13-27-31(34-41-36(45)47-42-34)30(32-33(40-27)28-2-1-15-43(28)35(32)44)22-7-11-24-21(17-22)8-14-29(24)46-18-20-5-12-25(38)26(39)16-20/h3-5,7,9-12,16-17,28-29H,1-2,6,8,13-15,18H2,(H,41,42,45)/t28-,29+/m0/s1. The molecule has 47 heavy (non-hydrogen) atoms. The Morgan fingerprint density at radius 2 is 1.72 bits per heavy atom. The number of hydrogen-bond donors (Lipinski definition) is 1. The number of benzene rings is 3. The number of hydrogen-bond acceptors (Lipinski definition) is 6. The zero-order valence-corrected chi connectivity index (χ0v) is 25.2. The van der Waals surface area contributed by atoms with Gasteiger partial charge < -0.3 is 9.64 Å². The lowest BCUT2D eigenvalue weighted by atomic mass is 9.88. The Kier molecular flexibility index (Phi) is 7.28. The number of aryl methyl sites for hydroxylation is 3. The Bertz CT molecular complexity index is 2090. The fraction of sp³-hybridized carbons (Fsp3) is 0.278. The number of rotatable bonds is 8. The van der Waals surface area contributed by atoms with Gasteiger partial charge in [-0.3, -0.25) is 19.3 Å². The average Bonchev–Trinajstić information content (AvgIpc) is 3.87. The van der Waals surface area contributed by atoms with Crippen LogP contribution < -0.4 is 5.76 Å². The summed E-state index contributed by atoms with van der Waals surface area (Å²) in [5.74, 6) is -2.78. The first-order valence-corrected chi connectivity index (χ1v) is 15.7. The predicted octanol–water partition coefficient (Wildman–Crippen LogP) is 6.79. The van der Waals surface area contributed by atoms with Crippen LogP contribution in [-0.4, -0.2) is 32.5 Å². The molecule has 0 unspecified atom stereocenters. The molecule has 1 amide bonds. The minimum Gasteiger partial charge on any atom is -0.369 e. The van der Waals surface area contributed by atoms with E-state index in [0.717, 1.165) is 59.3 Å². The van der Waals surface area contributed by atoms with Crippen LogP contribution in [0.3, 0.4) is 0 Å². The number of pyridine rings is 1. The molecule has 4 heterocycles. The van der Waals surface area contributed by atoms with Crippen molar-refractivity contribution < 1.29 is 27.2 Å². The number of nitrogens with one attached hydrogen (secondary N) is 1. The molecule has 3 aromatic carbocycles. The summed E-state index contributed by atoms with van der Waals surface area (Å²) in [5.41, 5.74) is 7.31. The highest BCUT2D eigenvalue weighted by molar-refractivity contribution is 6.08. The maximum atomic E-state index is 14.0. The summed E-state index contributed by atoms with van der Waals surface area (Å²) in [4.78, 5) is 35.9. The molecule has 238 valence electrons. The van der Waals surface area contributed by atoms with Gasteiger partial charge in [-0.15, -0.1) is 0 Å². The van der Waals surface area contributed by atoms with E-state index >= 15 is 0 Å². The van der Waals surface area contributed by atoms with Crippen molar-refractivity contribution in [3.05, 3.63) is 128 Å². The van der Waals surface area contributed by atoms with E-state index in [-0.39, 0.29) is 36.3 Å². The minimum absolute atomic E-state index is 0.101. The topological polar surface area (TPSA) is 101 Å². The molecule has 1 fully saturated rings. The zero-order valence-electron chi connectivity index (χ0n) is 25.2. The summed E-state index contributed by atoms with van der Waals surface area (Å²) < 4.78 is 51.9. The summed E-state index contributed by atoms with van der Waals surface area (Å²) in [6, 6.07) is 15.9. The van der Waals surface area contributed by atoms with Gasteiger partial charge >= 0.3 is 5.76 Å². The van der Waals surface area contributed by atoms with Gasteiger partial charge in [-0.25, -0.2) is 18.0 Å². The second-order valence-corrected chi connectivity index (χ2v) is 12.3. The number of carbonyl (C=O) groups excluding carboxylic acids is 1. The number of aromatic amines is 1. The lowest BCUT2D eigenvalue weighted by Crippen LogP contribution is -2.23. The third-order valence-electron chi connectivity index (χ3n) is 9.47. The van der Waals surface area contributed by atoms with Crippen molar-refractivity contribution in [2.45, 2.75) is 57.3 Å². The Morgan fingerprint density at radius 3 is 2.51 bits per heavy atom. The van der Waals surface area contributed by atoms with Crippen LogP contribution in [0.2, 0.25) is 0 Å². The third-order valence-corrected chi connectivity index (χ3v) is 9.47. The van der Waals surface area contributed by atoms with Gasteiger partial charge in [-0.2, -0.15) is 0 Å². The minimum atomic E-state index is -0.913. The van der Waals surface area contributed by atoms with Crippen LogP contribution in [0.15, 0.2) is 70.0 Å². The fourth-order valence-electron chi connectivity index (χ4n) is 7.26. The van der Waals surface area contributed by atoms with E-state index in [0.29, 0.717) is 53.8 Å². The molecule has 2 aromatic heterocycles. The van der Waals surface area contributed by atoms with E-state index < -0.39 is 17.4 Å². The number of H-pyrrole nitrogens is 1. The van der Waals surface area contributed by atoms with Crippen LogP contribution in [0.5, 0.6) is 0 Å². The molecule has 0 saturated carbocycles. The fourth-order valence-corrected chi connectivity index (χ4v) is 7.26. The largest absolute Gasteiger partial charge is 0.439 e. The molecule has 8 nitrogen and oxygen atoms in total. The van der Waals surface area contributed by atoms with E-state index in [1.165, 1.54) is 18.2 Å². The normalized spacial score (nSPS) is 18.1. The number of carbonyl (C=O) groups is 1. The first-order valence-electron chi connectivity index (χ1n) is 15.7. The molecule has 2 aliphatic heterocycles. The SMILES string of the molecule is O=C1c2c(nc(CCc3ccc(F)cc3)c(-c3noc(=O)[nH]3)c2-c2ccc3c(c2)CC[C@H]3OCc2ccc(F)c(F)c2)[C@@H]2CCCN12. The van der Waals surface area contributed by atoms with E-state index in [1.807, 2.05) is 23.1 Å². The Balaban J connectivity index is 1.22. The highest BCUT2D eigenvalue weighted by atomic mass is 19.2. The highest BCUT2D eigenvalue weighted by Gasteiger charge is 2.44. The van der Waals surface area contributed by atoms with Crippen molar-refractivity contribution in [3.63, 3.8) is 0 Å². The molecule has 0 bridgehead atoms. The summed E-state index contributed by atoms with van der Waals surface area (Å²) in [7, 11) is 0. The number of halogens is 3. The van der Waals surface area contributed by atoms with Crippen LogP contribution in [0, 0.1) is 17.5 Å². The molecule has 1 N–H and O–H groups in total. The van der Waals surface area contributed by atoms with Gasteiger partial charge in [0.1, 0.15) is 5.82 Å². The Morgan fingerprint density at radius 1 is 0.894 bits per heavy atom. The van der Waals surface area contributed by atoms with Gasteiger partial charge in [0.05, 0.1) is 41.3 Å². The van der Waals surface area contributed by atoms with Gasteiger partial charge in [0.2, 0.25) is 0 Å². The van der Waals surface area contributed by atoms with Crippen molar-refractivity contribution in [2.24, 2.45) is 0 Å². The summed E-state index contributed by atoms with van der Waals surface area (Å²) in [6.45, 7) is 0.773. The summed E-state index contributed by atoms with van der Waals surface area (Å²) in [5, 5.41) is 4.04. The molecule has 8 rings (SSSR count). The predicted molar refractivity (Wildman–Crippen MR) is 165 cm³/mol. The van der Waals surface area contributed by atoms with Gasteiger partial charge in [0.15, 0.2) is 17.5 Å². The molecule has 2 atom stereocenters. The van der Waals surface area contributed by atoms with Crippen molar-refractivity contribution in [1.29, 1.82) is 0 Å². The quantitative estimate of drug-likeness (QED) is 0.201. The number of aromatic nitrogens is 3. The number of nitrogens with zero attached hydrogens (tertiary/aromatic N) is 3. The lowest BCUT2D eigenvalue weighted by molar-refractivity contribution is 0.0409. The zero-order chi connectivity index (χ0) is 32.2. The van der Waals surface area contributed by atoms with Crippen molar-refractivity contribution >= 4 is 5.91 Å². The lowest BCUT2D eigenvalue weighted by Gasteiger charge is -2.18. The monoisotopic (exact) mass is 638 g/mol. The molecular formula is C36H29F3N4O4. The molecule has 1 aliphatic carbocycles. The molecule has 5 aromatic rings. The van der Waals surface area contributed by atoms with E-state index in [9.17, 15) is 22.8 Å². The molecule has 0 spiro atoms. The molecule has 0 radical (unpaired) electrons. The molecule has 11 heteroatoms. The smallest absolute Gasteiger partial charge is 0.369 e. The third kappa shape index (κ3) is 5.24. The van der Waals surface area contributed by atoms with E-state index in [2.05, 4.69) is 10.1 Å². The maximum absolute atomic E-state index is 14.0. The number of amides is 1.